The number of nitrogens with zero attached hydrogens (tertiary/aromatic N) is 3. The molecule has 0 atom stereocenters. The third-order valence-corrected chi connectivity index (χ3v) is 5.59. The molecule has 0 N–H and O–H groups in total. The molecule has 122 valence electrons. The Hall–Kier alpha value is -1.79. The Kier molecular flexibility index (Phi) is 4.46. The van der Waals surface area contributed by atoms with Gasteiger partial charge in [0.05, 0.1) is 0 Å². The van der Waals surface area contributed by atoms with Crippen molar-refractivity contribution in [1.29, 1.82) is 0 Å². The van der Waals surface area contributed by atoms with Crippen LogP contribution in [-0.4, -0.2) is 41.6 Å². The molecule has 7 heteroatoms. The van der Waals surface area contributed by atoms with Crippen LogP contribution in [0.3, 0.4) is 0 Å². The predicted octanol–water partition coefficient (Wildman–Crippen LogP) is 2.37. The fourth-order valence-corrected chi connectivity index (χ4v) is 3.84. The van der Waals surface area contributed by atoms with E-state index in [2.05, 4.69) is 4.90 Å². The molecule has 2 aromatic rings. The van der Waals surface area contributed by atoms with E-state index in [4.69, 9.17) is 11.6 Å². The van der Waals surface area contributed by atoms with Crippen LogP contribution in [0.2, 0.25) is 5.02 Å². The minimum atomic E-state index is -0.0941. The van der Waals surface area contributed by atoms with Gasteiger partial charge in [0, 0.05) is 49.6 Å². The van der Waals surface area contributed by atoms with Crippen molar-refractivity contribution in [1.82, 2.24) is 9.47 Å². The number of carbonyl (C=O) groups excluding carboxylic acids is 1. The topological polar surface area (TPSA) is 45.6 Å². The van der Waals surface area contributed by atoms with Crippen LogP contribution in [0.25, 0.3) is 0 Å². The van der Waals surface area contributed by atoms with Gasteiger partial charge in [-0.1, -0.05) is 29.0 Å². The van der Waals surface area contributed by atoms with Crippen molar-refractivity contribution in [3.05, 3.63) is 49.5 Å². The first-order valence-corrected chi connectivity index (χ1v) is 8.63. The summed E-state index contributed by atoms with van der Waals surface area (Å²) < 4.78 is 1.53. The molecule has 5 nitrogen and oxygen atoms in total. The Bertz CT molecular complexity index is 791. The van der Waals surface area contributed by atoms with Crippen LogP contribution in [0.5, 0.6) is 0 Å². The molecule has 0 unspecified atom stereocenters. The molecule has 2 heterocycles. The number of amides is 1. The lowest BCUT2D eigenvalue weighted by molar-refractivity contribution is 0.0750. The molecular weight excluding hydrogens is 334 g/mol. The maximum Gasteiger partial charge on any atom is 0.307 e. The van der Waals surface area contributed by atoms with Gasteiger partial charge in [-0.15, -0.1) is 0 Å². The van der Waals surface area contributed by atoms with E-state index in [0.29, 0.717) is 23.0 Å². The van der Waals surface area contributed by atoms with Crippen LogP contribution in [0, 0.1) is 6.92 Å². The number of hydrogen-bond acceptors (Lipinski definition) is 4. The Morgan fingerprint density at radius 2 is 1.91 bits per heavy atom. The average molecular weight is 352 g/mol. The summed E-state index contributed by atoms with van der Waals surface area (Å²) in [5.41, 5.74) is 1.81. The van der Waals surface area contributed by atoms with Crippen molar-refractivity contribution in [3.63, 3.8) is 0 Å². The van der Waals surface area contributed by atoms with Gasteiger partial charge in [0.2, 0.25) is 0 Å². The number of carbonyl (C=O) groups is 1. The summed E-state index contributed by atoms with van der Waals surface area (Å²) in [5.74, 6) is -0.0454. The highest BCUT2D eigenvalue weighted by atomic mass is 35.5. The fourth-order valence-electron chi connectivity index (χ4n) is 2.70. The first kappa shape index (κ1) is 16.1. The van der Waals surface area contributed by atoms with Crippen molar-refractivity contribution >= 4 is 34.5 Å². The van der Waals surface area contributed by atoms with E-state index in [0.717, 1.165) is 35.8 Å². The first-order chi connectivity index (χ1) is 11.0. The molecule has 0 bridgehead atoms. The summed E-state index contributed by atoms with van der Waals surface area (Å²) in [6, 6.07) is 7.74. The zero-order valence-electron chi connectivity index (χ0n) is 13.1. The molecule has 1 aromatic carbocycles. The quantitative estimate of drug-likeness (QED) is 0.834. The van der Waals surface area contributed by atoms with Gasteiger partial charge < -0.3 is 14.4 Å². The second kappa shape index (κ2) is 6.37. The summed E-state index contributed by atoms with van der Waals surface area (Å²) in [7, 11) is 1.70. The second-order valence-corrected chi connectivity index (χ2v) is 7.00. The fraction of sp³-hybridized carbons (Fsp3) is 0.375. The van der Waals surface area contributed by atoms with Crippen molar-refractivity contribution in [2.45, 2.75) is 6.92 Å². The molecule has 1 saturated heterocycles. The van der Waals surface area contributed by atoms with Gasteiger partial charge in [-0.3, -0.25) is 9.59 Å². The zero-order chi connectivity index (χ0) is 16.6. The van der Waals surface area contributed by atoms with Crippen LogP contribution >= 0.6 is 22.9 Å². The Morgan fingerprint density at radius 3 is 2.48 bits per heavy atom. The molecule has 1 aliphatic rings. The SMILES string of the molecule is Cc1c(C(=O)N2CCN(c3cccc(Cl)c3)CC2)sc(=O)n1C. The number of thiazole rings is 1. The number of benzene rings is 1. The molecular formula is C16H18ClN3O2S. The van der Waals surface area contributed by atoms with E-state index in [-0.39, 0.29) is 10.8 Å². The van der Waals surface area contributed by atoms with Crippen LogP contribution in [-0.2, 0) is 7.05 Å². The largest absolute Gasteiger partial charge is 0.368 e. The highest BCUT2D eigenvalue weighted by Crippen LogP contribution is 2.22. The number of anilines is 1. The molecule has 23 heavy (non-hydrogen) atoms. The summed E-state index contributed by atoms with van der Waals surface area (Å²) >= 11 is 7.06. The Balaban J connectivity index is 1.70. The van der Waals surface area contributed by atoms with E-state index in [1.165, 1.54) is 4.57 Å². The Labute approximate surface area is 143 Å². The third-order valence-electron chi connectivity index (χ3n) is 4.23. The maximum absolute atomic E-state index is 12.6. The van der Waals surface area contributed by atoms with Crippen LogP contribution in [0.15, 0.2) is 29.1 Å². The molecule has 1 amide bonds. The first-order valence-electron chi connectivity index (χ1n) is 7.43. The van der Waals surface area contributed by atoms with Gasteiger partial charge in [-0.05, 0) is 25.1 Å². The molecule has 0 radical (unpaired) electrons. The monoisotopic (exact) mass is 351 g/mol. The molecule has 1 aromatic heterocycles. The van der Waals surface area contributed by atoms with Gasteiger partial charge in [-0.2, -0.15) is 0 Å². The molecule has 0 saturated carbocycles. The molecule has 1 aliphatic heterocycles. The van der Waals surface area contributed by atoms with Gasteiger partial charge in [-0.25, -0.2) is 0 Å². The smallest absolute Gasteiger partial charge is 0.307 e. The van der Waals surface area contributed by atoms with E-state index < -0.39 is 0 Å². The van der Waals surface area contributed by atoms with Gasteiger partial charge in [0.25, 0.3) is 5.91 Å². The zero-order valence-corrected chi connectivity index (χ0v) is 14.7. The highest BCUT2D eigenvalue weighted by Gasteiger charge is 2.25. The molecule has 0 spiro atoms. The predicted molar refractivity (Wildman–Crippen MR) is 93.9 cm³/mol. The lowest BCUT2D eigenvalue weighted by atomic mass is 10.2. The average Bonchev–Trinajstić information content (AvgIpc) is 2.82. The van der Waals surface area contributed by atoms with Gasteiger partial charge in [0.15, 0.2) is 0 Å². The maximum atomic E-state index is 12.6. The number of rotatable bonds is 2. The van der Waals surface area contributed by atoms with E-state index >= 15 is 0 Å². The minimum absolute atomic E-state index is 0.0454. The van der Waals surface area contributed by atoms with Crippen LogP contribution < -0.4 is 9.77 Å². The van der Waals surface area contributed by atoms with Crippen molar-refractivity contribution < 1.29 is 4.79 Å². The van der Waals surface area contributed by atoms with E-state index in [9.17, 15) is 9.59 Å². The lowest BCUT2D eigenvalue weighted by Crippen LogP contribution is -2.48. The van der Waals surface area contributed by atoms with E-state index in [1.807, 2.05) is 36.1 Å². The number of aromatic nitrogens is 1. The van der Waals surface area contributed by atoms with Gasteiger partial charge in [0.1, 0.15) is 4.88 Å². The number of piperazine rings is 1. The summed E-state index contributed by atoms with van der Waals surface area (Å²) in [6.07, 6.45) is 0. The normalized spacial score (nSPS) is 15.1. The van der Waals surface area contributed by atoms with Crippen molar-refractivity contribution in [2.75, 3.05) is 31.1 Å². The third kappa shape index (κ3) is 3.14. The summed E-state index contributed by atoms with van der Waals surface area (Å²) in [4.78, 5) is 28.8. The minimum Gasteiger partial charge on any atom is -0.368 e. The van der Waals surface area contributed by atoms with Crippen molar-refractivity contribution in [2.24, 2.45) is 7.05 Å². The standard InChI is InChI=1S/C16H18ClN3O2S/c1-11-14(23-16(22)18(11)2)15(21)20-8-6-19(7-9-20)13-5-3-4-12(17)10-13/h3-5,10H,6-9H2,1-2H3. The number of hydrogen-bond donors (Lipinski definition) is 0. The Morgan fingerprint density at radius 1 is 1.22 bits per heavy atom. The molecule has 0 aliphatic carbocycles. The molecule has 1 fully saturated rings. The number of halogens is 1. The summed E-state index contributed by atoms with van der Waals surface area (Å²) in [6.45, 7) is 4.61. The highest BCUT2D eigenvalue weighted by molar-refractivity contribution is 7.11. The van der Waals surface area contributed by atoms with Crippen LogP contribution in [0.1, 0.15) is 15.4 Å². The van der Waals surface area contributed by atoms with E-state index in [1.54, 1.807) is 7.05 Å². The molecule has 3 rings (SSSR count). The van der Waals surface area contributed by atoms with Gasteiger partial charge >= 0.3 is 4.87 Å². The summed E-state index contributed by atoms with van der Waals surface area (Å²) in [5, 5.41) is 0.714. The van der Waals surface area contributed by atoms with Crippen LogP contribution in [0.4, 0.5) is 5.69 Å². The lowest BCUT2D eigenvalue weighted by Gasteiger charge is -2.36. The second-order valence-electron chi connectivity index (χ2n) is 5.60. The van der Waals surface area contributed by atoms with Crippen molar-refractivity contribution in [3.8, 4) is 0 Å².